The zero-order valence-electron chi connectivity index (χ0n) is 7.02. The molecule has 0 saturated carbocycles. The van der Waals surface area contributed by atoms with Gasteiger partial charge in [-0.05, 0) is 24.1 Å². The van der Waals surface area contributed by atoms with Gasteiger partial charge in [-0.3, -0.25) is 0 Å². The van der Waals surface area contributed by atoms with Gasteiger partial charge < -0.3 is 0 Å². The predicted octanol–water partition coefficient (Wildman–Crippen LogP) is 3.56. The highest BCUT2D eigenvalue weighted by molar-refractivity contribution is 7.80. The van der Waals surface area contributed by atoms with Gasteiger partial charge in [-0.25, -0.2) is 0 Å². The van der Waals surface area contributed by atoms with Crippen LogP contribution in [0.2, 0.25) is 0 Å². The SMILES string of the molecule is CCc1ccc(C(F)(F)F)c(S)c1. The second-order valence-electron chi connectivity index (χ2n) is 2.70. The Morgan fingerprint density at radius 3 is 2.31 bits per heavy atom. The van der Waals surface area contributed by atoms with Crippen molar-refractivity contribution < 1.29 is 13.2 Å². The van der Waals surface area contributed by atoms with Gasteiger partial charge >= 0.3 is 6.18 Å². The fraction of sp³-hybridized carbons (Fsp3) is 0.333. The quantitative estimate of drug-likeness (QED) is 0.667. The largest absolute Gasteiger partial charge is 0.417 e. The molecular weight excluding hydrogens is 197 g/mol. The number of hydrogen-bond acceptors (Lipinski definition) is 1. The average Bonchev–Trinajstić information content (AvgIpc) is 2.01. The van der Waals surface area contributed by atoms with Crippen LogP contribution < -0.4 is 0 Å². The Labute approximate surface area is 80.2 Å². The third-order valence-corrected chi connectivity index (χ3v) is 2.15. The third kappa shape index (κ3) is 2.40. The molecule has 4 heteroatoms. The number of hydrogen-bond donors (Lipinski definition) is 1. The van der Waals surface area contributed by atoms with E-state index in [0.717, 1.165) is 11.6 Å². The molecule has 0 aromatic heterocycles. The maximum Gasteiger partial charge on any atom is 0.417 e. The Hall–Kier alpha value is -0.640. The Balaban J connectivity index is 3.13. The first-order chi connectivity index (χ1) is 5.95. The van der Waals surface area contributed by atoms with E-state index in [0.29, 0.717) is 6.42 Å². The maximum absolute atomic E-state index is 12.2. The monoisotopic (exact) mass is 206 g/mol. The molecule has 0 N–H and O–H groups in total. The number of benzene rings is 1. The van der Waals surface area contributed by atoms with E-state index in [1.165, 1.54) is 12.1 Å². The molecule has 0 amide bonds. The zero-order valence-corrected chi connectivity index (χ0v) is 7.91. The van der Waals surface area contributed by atoms with Gasteiger partial charge in [0, 0.05) is 4.90 Å². The molecule has 0 bridgehead atoms. The molecule has 0 unspecified atom stereocenters. The van der Waals surface area contributed by atoms with Crippen LogP contribution in [-0.4, -0.2) is 0 Å². The second kappa shape index (κ2) is 3.62. The molecule has 0 fully saturated rings. The molecule has 13 heavy (non-hydrogen) atoms. The van der Waals surface area contributed by atoms with Crippen molar-refractivity contribution in [3.63, 3.8) is 0 Å². The van der Waals surface area contributed by atoms with E-state index < -0.39 is 11.7 Å². The molecular formula is C9H9F3S. The highest BCUT2D eigenvalue weighted by Crippen LogP contribution is 2.34. The summed E-state index contributed by atoms with van der Waals surface area (Å²) in [5, 5.41) is 0. The van der Waals surface area contributed by atoms with Gasteiger partial charge in [0.05, 0.1) is 5.56 Å². The molecule has 1 rings (SSSR count). The predicted molar refractivity (Wildman–Crippen MR) is 48.1 cm³/mol. The van der Waals surface area contributed by atoms with Crippen molar-refractivity contribution in [2.45, 2.75) is 24.4 Å². The minimum absolute atomic E-state index is 0.00755. The minimum Gasteiger partial charge on any atom is -0.166 e. The van der Waals surface area contributed by atoms with Crippen LogP contribution in [0, 0.1) is 0 Å². The summed E-state index contributed by atoms with van der Waals surface area (Å²) in [6.45, 7) is 1.88. The van der Waals surface area contributed by atoms with Crippen molar-refractivity contribution in [1.82, 2.24) is 0 Å². The fourth-order valence-corrected chi connectivity index (χ4v) is 1.40. The molecule has 0 aliphatic rings. The van der Waals surface area contributed by atoms with Crippen LogP contribution in [0.4, 0.5) is 13.2 Å². The lowest BCUT2D eigenvalue weighted by molar-refractivity contribution is -0.139. The summed E-state index contributed by atoms with van der Waals surface area (Å²) >= 11 is 3.80. The van der Waals surface area contributed by atoms with Gasteiger partial charge in [-0.15, -0.1) is 12.6 Å². The number of aryl methyl sites for hydroxylation is 1. The van der Waals surface area contributed by atoms with E-state index in [1.807, 2.05) is 6.92 Å². The van der Waals surface area contributed by atoms with E-state index in [-0.39, 0.29) is 4.90 Å². The van der Waals surface area contributed by atoms with Gasteiger partial charge in [0.2, 0.25) is 0 Å². The van der Waals surface area contributed by atoms with E-state index >= 15 is 0 Å². The molecule has 0 spiro atoms. The van der Waals surface area contributed by atoms with E-state index in [9.17, 15) is 13.2 Å². The average molecular weight is 206 g/mol. The van der Waals surface area contributed by atoms with Gasteiger partial charge in [0.25, 0.3) is 0 Å². The minimum atomic E-state index is -4.30. The third-order valence-electron chi connectivity index (χ3n) is 1.78. The fourth-order valence-electron chi connectivity index (χ4n) is 1.04. The van der Waals surface area contributed by atoms with Crippen LogP contribution in [-0.2, 0) is 12.6 Å². The maximum atomic E-state index is 12.2. The number of alkyl halides is 3. The summed E-state index contributed by atoms with van der Waals surface area (Å²) in [6.07, 6.45) is -3.59. The Morgan fingerprint density at radius 1 is 1.31 bits per heavy atom. The van der Waals surface area contributed by atoms with E-state index in [2.05, 4.69) is 12.6 Å². The topological polar surface area (TPSA) is 0 Å². The molecule has 0 heterocycles. The smallest absolute Gasteiger partial charge is 0.166 e. The lowest BCUT2D eigenvalue weighted by atomic mass is 10.1. The molecule has 0 aliphatic heterocycles. The normalized spacial score (nSPS) is 11.8. The summed E-state index contributed by atoms with van der Waals surface area (Å²) in [5.41, 5.74) is 0.186. The van der Waals surface area contributed by atoms with Crippen molar-refractivity contribution in [3.05, 3.63) is 29.3 Å². The van der Waals surface area contributed by atoms with Crippen molar-refractivity contribution in [2.75, 3.05) is 0 Å². The summed E-state index contributed by atoms with van der Waals surface area (Å²) in [5.74, 6) is 0. The molecule has 1 aromatic carbocycles. The number of rotatable bonds is 1. The number of halogens is 3. The van der Waals surface area contributed by atoms with Gasteiger partial charge in [0.15, 0.2) is 0 Å². The molecule has 1 aromatic rings. The van der Waals surface area contributed by atoms with Crippen LogP contribution in [0.3, 0.4) is 0 Å². The molecule has 0 saturated heterocycles. The van der Waals surface area contributed by atoms with Crippen molar-refractivity contribution in [1.29, 1.82) is 0 Å². The molecule has 0 radical (unpaired) electrons. The lowest BCUT2D eigenvalue weighted by Crippen LogP contribution is -2.06. The van der Waals surface area contributed by atoms with Crippen LogP contribution >= 0.6 is 12.6 Å². The highest BCUT2D eigenvalue weighted by Gasteiger charge is 2.32. The summed E-state index contributed by atoms with van der Waals surface area (Å²) in [7, 11) is 0. The molecule has 0 aliphatic carbocycles. The Morgan fingerprint density at radius 2 is 1.92 bits per heavy atom. The van der Waals surface area contributed by atoms with Crippen LogP contribution in [0.1, 0.15) is 18.1 Å². The van der Waals surface area contributed by atoms with Crippen molar-refractivity contribution in [3.8, 4) is 0 Å². The Kier molecular flexibility index (Phi) is 2.91. The van der Waals surface area contributed by atoms with Crippen LogP contribution in [0.25, 0.3) is 0 Å². The van der Waals surface area contributed by atoms with Gasteiger partial charge in [0.1, 0.15) is 0 Å². The van der Waals surface area contributed by atoms with E-state index in [4.69, 9.17) is 0 Å². The Bertz CT molecular complexity index is 304. The molecule has 0 nitrogen and oxygen atoms in total. The second-order valence-corrected chi connectivity index (χ2v) is 3.18. The highest BCUT2D eigenvalue weighted by atomic mass is 32.1. The van der Waals surface area contributed by atoms with Gasteiger partial charge in [-0.1, -0.05) is 13.0 Å². The van der Waals surface area contributed by atoms with Crippen LogP contribution in [0.15, 0.2) is 23.1 Å². The summed E-state index contributed by atoms with van der Waals surface area (Å²) in [6, 6.07) is 4.00. The van der Waals surface area contributed by atoms with Crippen molar-refractivity contribution >= 4 is 12.6 Å². The first-order valence-electron chi connectivity index (χ1n) is 3.84. The number of thiol groups is 1. The molecule has 0 atom stereocenters. The van der Waals surface area contributed by atoms with Gasteiger partial charge in [-0.2, -0.15) is 13.2 Å². The van der Waals surface area contributed by atoms with Crippen molar-refractivity contribution in [2.24, 2.45) is 0 Å². The first kappa shape index (κ1) is 10.4. The van der Waals surface area contributed by atoms with E-state index in [1.54, 1.807) is 0 Å². The lowest BCUT2D eigenvalue weighted by Gasteiger charge is -2.09. The standard InChI is InChI=1S/C9H9F3S/c1-2-6-3-4-7(8(13)5-6)9(10,11)12/h3-5,13H,2H2,1H3. The summed E-state index contributed by atoms with van der Waals surface area (Å²) < 4.78 is 36.7. The molecule has 72 valence electrons. The van der Waals surface area contributed by atoms with Crippen LogP contribution in [0.5, 0.6) is 0 Å². The summed E-state index contributed by atoms with van der Waals surface area (Å²) in [4.78, 5) is -0.00755. The zero-order chi connectivity index (χ0) is 10.1. The first-order valence-corrected chi connectivity index (χ1v) is 4.29.